The van der Waals surface area contributed by atoms with Gasteiger partial charge in [0.05, 0.1) is 5.60 Å². The molecule has 2 unspecified atom stereocenters. The van der Waals surface area contributed by atoms with Gasteiger partial charge in [-0.15, -0.1) is 0 Å². The molecule has 90 valence electrons. The third kappa shape index (κ3) is 2.31. The van der Waals surface area contributed by atoms with Gasteiger partial charge in [0.25, 0.3) is 0 Å². The van der Waals surface area contributed by atoms with Crippen LogP contribution in [0.1, 0.15) is 32.1 Å². The summed E-state index contributed by atoms with van der Waals surface area (Å²) in [6, 6.07) is 1.39. The molecule has 3 aliphatic rings. The summed E-state index contributed by atoms with van der Waals surface area (Å²) in [6.45, 7) is 0.957. The highest BCUT2D eigenvalue weighted by Crippen LogP contribution is 2.38. The molecule has 1 N–H and O–H groups in total. The van der Waals surface area contributed by atoms with Gasteiger partial charge in [0.2, 0.25) is 0 Å². The summed E-state index contributed by atoms with van der Waals surface area (Å²) in [5.41, 5.74) is 0.229. The molecule has 0 amide bonds. The Morgan fingerprint density at radius 1 is 1.25 bits per heavy atom. The second kappa shape index (κ2) is 4.71. The number of thioether (sulfide) groups is 1. The van der Waals surface area contributed by atoms with Crippen LogP contribution >= 0.6 is 11.8 Å². The van der Waals surface area contributed by atoms with Gasteiger partial charge in [-0.1, -0.05) is 12.2 Å². The van der Waals surface area contributed by atoms with E-state index in [1.54, 1.807) is 0 Å². The van der Waals surface area contributed by atoms with E-state index < -0.39 is 0 Å². The molecule has 3 heteroatoms. The molecule has 0 radical (unpaired) electrons. The molecule has 2 saturated heterocycles. The zero-order chi connectivity index (χ0) is 10.8. The summed E-state index contributed by atoms with van der Waals surface area (Å²) in [7, 11) is 0. The first-order valence-electron chi connectivity index (χ1n) is 6.49. The van der Waals surface area contributed by atoms with Crippen LogP contribution in [-0.4, -0.2) is 35.8 Å². The summed E-state index contributed by atoms with van der Waals surface area (Å²) in [4.78, 5) is 0. The summed E-state index contributed by atoms with van der Waals surface area (Å²) < 4.78 is 6.04. The molecule has 0 aromatic carbocycles. The predicted molar refractivity (Wildman–Crippen MR) is 68.9 cm³/mol. The Kier molecular flexibility index (Phi) is 3.27. The Morgan fingerprint density at radius 2 is 2.12 bits per heavy atom. The second-order valence-electron chi connectivity index (χ2n) is 5.33. The van der Waals surface area contributed by atoms with Crippen molar-refractivity contribution in [2.45, 2.75) is 49.8 Å². The van der Waals surface area contributed by atoms with Crippen LogP contribution in [0.4, 0.5) is 0 Å². The maximum Gasteiger partial charge on any atom is 0.0795 e. The average Bonchev–Trinajstić information content (AvgIpc) is 2.91. The van der Waals surface area contributed by atoms with E-state index in [0.29, 0.717) is 12.1 Å². The van der Waals surface area contributed by atoms with Crippen LogP contribution in [-0.2, 0) is 4.74 Å². The van der Waals surface area contributed by atoms with Gasteiger partial charge in [0.15, 0.2) is 0 Å². The quantitative estimate of drug-likeness (QED) is 0.747. The molecule has 0 bridgehead atoms. The van der Waals surface area contributed by atoms with Crippen molar-refractivity contribution in [3.63, 3.8) is 0 Å². The molecular formula is C13H21NOS. The third-order valence-electron chi connectivity index (χ3n) is 4.04. The topological polar surface area (TPSA) is 21.3 Å². The zero-order valence-corrected chi connectivity index (χ0v) is 10.6. The Balaban J connectivity index is 1.55. The molecular weight excluding hydrogens is 218 g/mol. The van der Waals surface area contributed by atoms with E-state index in [1.165, 1.54) is 43.6 Å². The monoisotopic (exact) mass is 239 g/mol. The van der Waals surface area contributed by atoms with Gasteiger partial charge in [-0.2, -0.15) is 11.8 Å². The van der Waals surface area contributed by atoms with Crippen molar-refractivity contribution >= 4 is 11.8 Å². The Hall–Kier alpha value is 0.0100. The minimum atomic E-state index is 0.229. The third-order valence-corrected chi connectivity index (χ3v) is 5.26. The molecule has 3 rings (SSSR count). The maximum atomic E-state index is 6.04. The molecule has 0 saturated carbocycles. The first-order valence-corrected chi connectivity index (χ1v) is 7.65. The molecule has 2 fully saturated rings. The van der Waals surface area contributed by atoms with E-state index >= 15 is 0 Å². The Bertz CT molecular complexity index is 265. The fraction of sp³-hybridized carbons (Fsp3) is 0.846. The minimum Gasteiger partial charge on any atom is -0.374 e. The van der Waals surface area contributed by atoms with Gasteiger partial charge >= 0.3 is 0 Å². The molecule has 0 aromatic rings. The van der Waals surface area contributed by atoms with Crippen molar-refractivity contribution in [3.05, 3.63) is 12.2 Å². The fourth-order valence-electron chi connectivity index (χ4n) is 3.12. The molecule has 0 aromatic heterocycles. The highest BCUT2D eigenvalue weighted by molar-refractivity contribution is 7.99. The van der Waals surface area contributed by atoms with Crippen LogP contribution in [0.5, 0.6) is 0 Å². The average molecular weight is 239 g/mol. The first-order chi connectivity index (χ1) is 7.86. The van der Waals surface area contributed by atoms with Crippen LogP contribution in [0.25, 0.3) is 0 Å². The van der Waals surface area contributed by atoms with Crippen molar-refractivity contribution in [1.29, 1.82) is 0 Å². The SMILES string of the molecule is C1=CCC(NC2CCOC3(CCSC3)C2)C1. The van der Waals surface area contributed by atoms with Crippen LogP contribution in [0.15, 0.2) is 12.2 Å². The molecule has 1 aliphatic carbocycles. The van der Waals surface area contributed by atoms with Crippen molar-refractivity contribution < 1.29 is 4.74 Å². The molecule has 2 atom stereocenters. The van der Waals surface area contributed by atoms with E-state index in [1.807, 2.05) is 0 Å². The fourth-order valence-corrected chi connectivity index (χ4v) is 4.50. The lowest BCUT2D eigenvalue weighted by Gasteiger charge is -2.39. The molecule has 2 heterocycles. The lowest BCUT2D eigenvalue weighted by molar-refractivity contribution is -0.0711. The largest absolute Gasteiger partial charge is 0.374 e. The van der Waals surface area contributed by atoms with Gasteiger partial charge in [0.1, 0.15) is 0 Å². The normalized spacial score (nSPS) is 39.9. The predicted octanol–water partition coefficient (Wildman–Crippen LogP) is 2.35. The summed E-state index contributed by atoms with van der Waals surface area (Å²) in [5.74, 6) is 2.51. The summed E-state index contributed by atoms with van der Waals surface area (Å²) in [6.07, 6.45) is 10.7. The van der Waals surface area contributed by atoms with Crippen LogP contribution in [0.2, 0.25) is 0 Å². The standard InChI is InChI=1S/C13H21NOS/c1-2-4-11(3-1)14-12-5-7-15-13(9-12)6-8-16-10-13/h1-2,11-12,14H,3-10H2. The molecule has 2 aliphatic heterocycles. The van der Waals surface area contributed by atoms with Gasteiger partial charge in [-0.3, -0.25) is 0 Å². The van der Waals surface area contributed by atoms with E-state index in [0.717, 1.165) is 6.61 Å². The van der Waals surface area contributed by atoms with Crippen LogP contribution in [0.3, 0.4) is 0 Å². The van der Waals surface area contributed by atoms with Crippen molar-refractivity contribution in [3.8, 4) is 0 Å². The van der Waals surface area contributed by atoms with E-state index in [4.69, 9.17) is 4.74 Å². The molecule has 2 nitrogen and oxygen atoms in total. The molecule has 16 heavy (non-hydrogen) atoms. The maximum absolute atomic E-state index is 6.04. The highest BCUT2D eigenvalue weighted by atomic mass is 32.2. The zero-order valence-electron chi connectivity index (χ0n) is 9.78. The lowest BCUT2D eigenvalue weighted by atomic mass is 9.89. The number of rotatable bonds is 2. The van der Waals surface area contributed by atoms with Gasteiger partial charge in [0, 0.05) is 24.4 Å². The number of hydrogen-bond acceptors (Lipinski definition) is 3. The number of nitrogens with one attached hydrogen (secondary N) is 1. The Morgan fingerprint density at radius 3 is 2.88 bits per heavy atom. The van der Waals surface area contributed by atoms with E-state index in [-0.39, 0.29) is 5.60 Å². The van der Waals surface area contributed by atoms with Gasteiger partial charge in [-0.05, 0) is 37.9 Å². The number of ether oxygens (including phenoxy) is 1. The summed E-state index contributed by atoms with van der Waals surface area (Å²) in [5, 5.41) is 3.82. The van der Waals surface area contributed by atoms with E-state index in [2.05, 4.69) is 29.2 Å². The van der Waals surface area contributed by atoms with Crippen molar-refractivity contribution in [2.24, 2.45) is 0 Å². The van der Waals surface area contributed by atoms with Gasteiger partial charge < -0.3 is 10.1 Å². The molecule has 1 spiro atoms. The highest BCUT2D eigenvalue weighted by Gasteiger charge is 2.40. The van der Waals surface area contributed by atoms with Crippen LogP contribution in [0, 0.1) is 0 Å². The number of hydrogen-bond donors (Lipinski definition) is 1. The van der Waals surface area contributed by atoms with E-state index in [9.17, 15) is 0 Å². The lowest BCUT2D eigenvalue weighted by Crippen LogP contribution is -2.49. The van der Waals surface area contributed by atoms with Crippen molar-refractivity contribution in [1.82, 2.24) is 5.32 Å². The first kappa shape index (κ1) is 11.1. The second-order valence-corrected chi connectivity index (χ2v) is 6.44. The minimum absolute atomic E-state index is 0.229. The Labute approximate surface area is 102 Å². The van der Waals surface area contributed by atoms with Gasteiger partial charge in [-0.25, -0.2) is 0 Å². The van der Waals surface area contributed by atoms with Crippen LogP contribution < -0.4 is 5.32 Å². The summed E-state index contributed by atoms with van der Waals surface area (Å²) >= 11 is 2.06. The van der Waals surface area contributed by atoms with Crippen molar-refractivity contribution in [2.75, 3.05) is 18.1 Å². The smallest absolute Gasteiger partial charge is 0.0795 e.